The number of nitrogens with one attached hydrogen (secondary N) is 2. The SMILES string of the molecule is CC(NC(=O)/C(C#N)=C\Nc1ccccc1N1CCOCC1)C(=O)O. The molecule has 1 heterocycles. The third-order valence-electron chi connectivity index (χ3n) is 3.71. The van der Waals surface area contributed by atoms with E-state index in [0.717, 1.165) is 24.5 Å². The van der Waals surface area contributed by atoms with Crippen LogP contribution < -0.4 is 15.5 Å². The lowest BCUT2D eigenvalue weighted by Crippen LogP contribution is -2.39. The fourth-order valence-electron chi connectivity index (χ4n) is 2.31. The zero-order valence-corrected chi connectivity index (χ0v) is 13.9. The molecule has 25 heavy (non-hydrogen) atoms. The number of carboxylic acids is 1. The van der Waals surface area contributed by atoms with Crippen molar-refractivity contribution in [2.24, 2.45) is 0 Å². The number of carbonyl (C=O) groups excluding carboxylic acids is 1. The molecule has 0 saturated carbocycles. The van der Waals surface area contributed by atoms with Gasteiger partial charge in [-0.25, -0.2) is 0 Å². The Bertz CT molecular complexity index is 705. The maximum absolute atomic E-state index is 12.0. The lowest BCUT2D eigenvalue weighted by molar-refractivity contribution is -0.140. The highest BCUT2D eigenvalue weighted by Crippen LogP contribution is 2.26. The minimum absolute atomic E-state index is 0.204. The largest absolute Gasteiger partial charge is 0.480 e. The predicted molar refractivity (Wildman–Crippen MR) is 92.0 cm³/mol. The van der Waals surface area contributed by atoms with Crippen LogP contribution in [-0.2, 0) is 14.3 Å². The van der Waals surface area contributed by atoms with Gasteiger partial charge in [0.2, 0.25) is 0 Å². The average molecular weight is 344 g/mol. The van der Waals surface area contributed by atoms with E-state index in [1.54, 1.807) is 6.07 Å². The molecule has 2 rings (SSSR count). The molecule has 0 aromatic heterocycles. The van der Waals surface area contributed by atoms with Crippen LogP contribution in [0.2, 0.25) is 0 Å². The maximum Gasteiger partial charge on any atom is 0.325 e. The maximum atomic E-state index is 12.0. The summed E-state index contributed by atoms with van der Waals surface area (Å²) in [5.41, 5.74) is 1.49. The minimum atomic E-state index is -1.17. The van der Waals surface area contributed by atoms with Crippen molar-refractivity contribution in [3.63, 3.8) is 0 Å². The molecule has 132 valence electrons. The Morgan fingerprint density at radius 3 is 2.68 bits per heavy atom. The standard InChI is InChI=1S/C17H20N4O4/c1-12(17(23)24)20-16(22)13(10-18)11-19-14-4-2-3-5-15(14)21-6-8-25-9-7-21/h2-5,11-12,19H,6-9H2,1H3,(H,20,22)(H,23,24)/b13-11-. The molecule has 1 amide bonds. The Hall–Kier alpha value is -3.05. The van der Waals surface area contributed by atoms with Gasteiger partial charge in [-0.3, -0.25) is 9.59 Å². The number of aliphatic carboxylic acids is 1. The summed E-state index contributed by atoms with van der Waals surface area (Å²) < 4.78 is 5.35. The number of carboxylic acid groups (broad SMARTS) is 1. The van der Waals surface area contributed by atoms with Gasteiger partial charge in [-0.2, -0.15) is 5.26 Å². The zero-order valence-electron chi connectivity index (χ0n) is 13.9. The Balaban J connectivity index is 2.12. The molecule has 8 nitrogen and oxygen atoms in total. The molecular formula is C17H20N4O4. The molecule has 0 spiro atoms. The molecule has 1 aliphatic heterocycles. The van der Waals surface area contributed by atoms with Crippen LogP contribution in [-0.4, -0.2) is 49.3 Å². The number of carbonyl (C=O) groups is 2. The number of morpholine rings is 1. The van der Waals surface area contributed by atoms with Crippen molar-refractivity contribution in [1.29, 1.82) is 5.26 Å². The Morgan fingerprint density at radius 2 is 2.04 bits per heavy atom. The lowest BCUT2D eigenvalue weighted by Gasteiger charge is -2.30. The second-order valence-corrected chi connectivity index (χ2v) is 5.46. The number of ether oxygens (including phenoxy) is 1. The van der Waals surface area contributed by atoms with Crippen molar-refractivity contribution < 1.29 is 19.4 Å². The smallest absolute Gasteiger partial charge is 0.325 e. The Labute approximate surface area is 145 Å². The molecule has 3 N–H and O–H groups in total. The van der Waals surface area contributed by atoms with E-state index in [0.29, 0.717) is 13.2 Å². The van der Waals surface area contributed by atoms with Crippen LogP contribution in [0.25, 0.3) is 0 Å². The van der Waals surface area contributed by atoms with Crippen LogP contribution >= 0.6 is 0 Å². The van der Waals surface area contributed by atoms with Crippen LogP contribution in [0, 0.1) is 11.3 Å². The number of benzene rings is 1. The Morgan fingerprint density at radius 1 is 1.36 bits per heavy atom. The third-order valence-corrected chi connectivity index (χ3v) is 3.71. The molecule has 1 atom stereocenters. The number of nitriles is 1. The number of nitrogens with zero attached hydrogens (tertiary/aromatic N) is 2. The van der Waals surface area contributed by atoms with Gasteiger partial charge in [-0.15, -0.1) is 0 Å². The van der Waals surface area contributed by atoms with Gasteiger partial charge in [0.05, 0.1) is 24.6 Å². The fourth-order valence-corrected chi connectivity index (χ4v) is 2.31. The van der Waals surface area contributed by atoms with E-state index in [1.807, 2.05) is 24.3 Å². The molecule has 0 bridgehead atoms. The molecule has 0 radical (unpaired) electrons. The van der Waals surface area contributed by atoms with Crippen molar-refractivity contribution >= 4 is 23.3 Å². The van der Waals surface area contributed by atoms with Crippen LogP contribution in [0.1, 0.15) is 6.92 Å². The van der Waals surface area contributed by atoms with E-state index in [2.05, 4.69) is 15.5 Å². The van der Waals surface area contributed by atoms with Gasteiger partial charge >= 0.3 is 5.97 Å². The van der Waals surface area contributed by atoms with Crippen LogP contribution in [0.15, 0.2) is 36.0 Å². The molecule has 1 aromatic carbocycles. The monoisotopic (exact) mass is 344 g/mol. The molecule has 1 saturated heterocycles. The molecule has 1 fully saturated rings. The molecule has 8 heteroatoms. The van der Waals surface area contributed by atoms with Gasteiger partial charge in [-0.1, -0.05) is 12.1 Å². The normalized spacial score (nSPS) is 15.8. The summed E-state index contributed by atoms with van der Waals surface area (Å²) in [6, 6.07) is 8.24. The fraction of sp³-hybridized carbons (Fsp3) is 0.353. The first-order chi connectivity index (χ1) is 12.0. The van der Waals surface area contributed by atoms with Crippen molar-refractivity contribution in [2.45, 2.75) is 13.0 Å². The van der Waals surface area contributed by atoms with E-state index in [9.17, 15) is 9.59 Å². The highest BCUT2D eigenvalue weighted by Gasteiger charge is 2.18. The predicted octanol–water partition coefficient (Wildman–Crippen LogP) is 0.932. The van der Waals surface area contributed by atoms with Crippen molar-refractivity contribution in [2.75, 3.05) is 36.5 Å². The molecule has 1 aromatic rings. The summed E-state index contributed by atoms with van der Waals surface area (Å²) in [5, 5.41) is 23.2. The molecule has 1 aliphatic rings. The zero-order chi connectivity index (χ0) is 18.2. The number of rotatable bonds is 6. The first kappa shape index (κ1) is 18.3. The Kier molecular flexibility index (Phi) is 6.37. The lowest BCUT2D eigenvalue weighted by atomic mass is 10.2. The van der Waals surface area contributed by atoms with E-state index < -0.39 is 17.9 Å². The van der Waals surface area contributed by atoms with Crippen LogP contribution in [0.4, 0.5) is 11.4 Å². The van der Waals surface area contributed by atoms with Gasteiger partial charge in [0.15, 0.2) is 0 Å². The van der Waals surface area contributed by atoms with Gasteiger partial charge in [-0.05, 0) is 19.1 Å². The average Bonchev–Trinajstić information content (AvgIpc) is 2.63. The van der Waals surface area contributed by atoms with E-state index in [4.69, 9.17) is 15.1 Å². The van der Waals surface area contributed by atoms with E-state index in [-0.39, 0.29) is 5.57 Å². The second kappa shape index (κ2) is 8.70. The summed E-state index contributed by atoms with van der Waals surface area (Å²) in [6.45, 7) is 4.12. The topological polar surface area (TPSA) is 115 Å². The third kappa shape index (κ3) is 4.96. The molecule has 0 aliphatic carbocycles. The van der Waals surface area contributed by atoms with Gasteiger partial charge in [0.1, 0.15) is 17.7 Å². The summed E-state index contributed by atoms with van der Waals surface area (Å²) >= 11 is 0. The first-order valence-corrected chi connectivity index (χ1v) is 7.85. The highest BCUT2D eigenvalue weighted by atomic mass is 16.5. The van der Waals surface area contributed by atoms with Crippen LogP contribution in [0.3, 0.4) is 0 Å². The number of amides is 1. The van der Waals surface area contributed by atoms with Crippen molar-refractivity contribution in [3.05, 3.63) is 36.0 Å². The number of hydrogen-bond acceptors (Lipinski definition) is 6. The number of anilines is 2. The van der Waals surface area contributed by atoms with E-state index in [1.165, 1.54) is 13.1 Å². The van der Waals surface area contributed by atoms with E-state index >= 15 is 0 Å². The number of hydrogen-bond donors (Lipinski definition) is 3. The summed E-state index contributed by atoms with van der Waals surface area (Å²) in [5.74, 6) is -1.91. The summed E-state index contributed by atoms with van der Waals surface area (Å²) in [7, 11) is 0. The minimum Gasteiger partial charge on any atom is -0.480 e. The summed E-state index contributed by atoms with van der Waals surface area (Å²) in [6.07, 6.45) is 1.28. The molecule has 1 unspecified atom stereocenters. The quantitative estimate of drug-likeness (QED) is 0.519. The number of para-hydroxylation sites is 2. The first-order valence-electron chi connectivity index (χ1n) is 7.85. The summed E-state index contributed by atoms with van der Waals surface area (Å²) in [4.78, 5) is 24.9. The highest BCUT2D eigenvalue weighted by molar-refractivity contribution is 5.99. The van der Waals surface area contributed by atoms with Crippen LogP contribution in [0.5, 0.6) is 0 Å². The van der Waals surface area contributed by atoms with Crippen molar-refractivity contribution in [3.8, 4) is 6.07 Å². The van der Waals surface area contributed by atoms with Gasteiger partial charge in [0, 0.05) is 19.3 Å². The van der Waals surface area contributed by atoms with Gasteiger partial charge < -0.3 is 25.4 Å². The molecular weight excluding hydrogens is 324 g/mol. The second-order valence-electron chi connectivity index (χ2n) is 5.46. The van der Waals surface area contributed by atoms with Crippen molar-refractivity contribution in [1.82, 2.24) is 5.32 Å². The van der Waals surface area contributed by atoms with Gasteiger partial charge in [0.25, 0.3) is 5.91 Å².